The molecule has 5 N–H and O–H groups in total. The lowest BCUT2D eigenvalue weighted by Crippen LogP contribution is -2.57. The van der Waals surface area contributed by atoms with Gasteiger partial charge in [0.15, 0.2) is 0 Å². The number of fused-ring (bicyclic) bond motifs is 1. The lowest BCUT2D eigenvalue weighted by Gasteiger charge is -2.25. The molecular formula is C34H44N6O5. The zero-order valence-electron chi connectivity index (χ0n) is 26.2. The van der Waals surface area contributed by atoms with Crippen LogP contribution < -0.4 is 21.3 Å². The standard InChI is InChI=1S/C34H44N6O5/c1-22(37-30(41)21-36-32(43)24-14-8-5-9-15-24)31(42)38-28(19-25-20-35-27-17-11-10-16-26(25)27)33(44)39-34(45)29(40(2)3)18-23-12-6-4-7-13-23/h4,6-7,10-13,16-17,20,22,24,28-29,35H,5,8-9,14-15,18-19,21H2,1-3H3,(H,36,43)(H,37,41)(H,38,42)(H,39,44,45)/t22-,28+,29-/m0/s1. The van der Waals surface area contributed by atoms with Crippen molar-refractivity contribution in [2.75, 3.05) is 20.6 Å². The van der Waals surface area contributed by atoms with Crippen molar-refractivity contribution in [3.8, 4) is 0 Å². The van der Waals surface area contributed by atoms with Crippen LogP contribution in [-0.4, -0.2) is 78.2 Å². The number of amides is 5. The Labute approximate surface area is 263 Å². The number of para-hydroxylation sites is 1. The molecule has 1 aliphatic rings. The molecule has 240 valence electrons. The van der Waals surface area contributed by atoms with Gasteiger partial charge in [0.25, 0.3) is 0 Å². The van der Waals surface area contributed by atoms with Crippen molar-refractivity contribution in [3.05, 3.63) is 71.9 Å². The second-order valence-electron chi connectivity index (χ2n) is 12.0. The summed E-state index contributed by atoms with van der Waals surface area (Å²) in [5, 5.41) is 11.4. The summed E-state index contributed by atoms with van der Waals surface area (Å²) in [7, 11) is 3.54. The van der Waals surface area contributed by atoms with Crippen molar-refractivity contribution >= 4 is 40.4 Å². The molecule has 4 rings (SSSR count). The van der Waals surface area contributed by atoms with Crippen molar-refractivity contribution < 1.29 is 24.0 Å². The van der Waals surface area contributed by atoms with Crippen molar-refractivity contribution in [1.82, 2.24) is 31.2 Å². The highest BCUT2D eigenvalue weighted by molar-refractivity contribution is 6.02. The molecule has 1 heterocycles. The minimum absolute atomic E-state index is 0.0847. The van der Waals surface area contributed by atoms with E-state index in [1.165, 1.54) is 6.92 Å². The Morgan fingerprint density at radius 1 is 0.844 bits per heavy atom. The second kappa shape index (κ2) is 16.0. The van der Waals surface area contributed by atoms with Gasteiger partial charge in [0.2, 0.25) is 29.5 Å². The van der Waals surface area contributed by atoms with E-state index in [-0.39, 0.29) is 24.8 Å². The predicted molar refractivity (Wildman–Crippen MR) is 172 cm³/mol. The van der Waals surface area contributed by atoms with Gasteiger partial charge in [0.05, 0.1) is 12.6 Å². The van der Waals surface area contributed by atoms with Gasteiger partial charge in [-0.15, -0.1) is 0 Å². The van der Waals surface area contributed by atoms with E-state index < -0.39 is 41.8 Å². The molecule has 0 radical (unpaired) electrons. The molecule has 0 saturated heterocycles. The number of imide groups is 1. The highest BCUT2D eigenvalue weighted by Crippen LogP contribution is 2.23. The molecule has 0 aliphatic heterocycles. The van der Waals surface area contributed by atoms with Crippen LogP contribution in [0.25, 0.3) is 10.9 Å². The smallest absolute Gasteiger partial charge is 0.249 e. The number of hydrogen-bond acceptors (Lipinski definition) is 6. The molecule has 1 saturated carbocycles. The van der Waals surface area contributed by atoms with E-state index in [0.29, 0.717) is 6.42 Å². The van der Waals surface area contributed by atoms with Crippen molar-refractivity contribution in [2.24, 2.45) is 5.92 Å². The van der Waals surface area contributed by atoms with Crippen LogP contribution in [0.5, 0.6) is 0 Å². The number of benzene rings is 2. The molecule has 0 bridgehead atoms. The van der Waals surface area contributed by atoms with Crippen LogP contribution in [0.1, 0.15) is 50.2 Å². The fourth-order valence-electron chi connectivity index (χ4n) is 5.70. The topological polar surface area (TPSA) is 152 Å². The average molecular weight is 617 g/mol. The van der Waals surface area contributed by atoms with Gasteiger partial charge >= 0.3 is 0 Å². The first-order valence-electron chi connectivity index (χ1n) is 15.6. The minimum Gasteiger partial charge on any atom is -0.361 e. The highest BCUT2D eigenvalue weighted by atomic mass is 16.2. The van der Waals surface area contributed by atoms with Gasteiger partial charge in [-0.3, -0.25) is 34.2 Å². The molecule has 45 heavy (non-hydrogen) atoms. The van der Waals surface area contributed by atoms with Crippen LogP contribution in [-0.2, 0) is 36.8 Å². The molecule has 3 atom stereocenters. The van der Waals surface area contributed by atoms with E-state index in [4.69, 9.17) is 0 Å². The molecule has 5 amide bonds. The highest BCUT2D eigenvalue weighted by Gasteiger charge is 2.30. The molecular weight excluding hydrogens is 572 g/mol. The van der Waals surface area contributed by atoms with Gasteiger partial charge < -0.3 is 20.9 Å². The Balaban J connectivity index is 1.41. The van der Waals surface area contributed by atoms with Crippen LogP contribution in [0.2, 0.25) is 0 Å². The number of nitrogens with one attached hydrogen (secondary N) is 5. The Kier molecular flexibility index (Phi) is 11.9. The average Bonchev–Trinajstić information content (AvgIpc) is 3.45. The summed E-state index contributed by atoms with van der Waals surface area (Å²) < 4.78 is 0. The van der Waals surface area contributed by atoms with Crippen LogP contribution in [0.3, 0.4) is 0 Å². The van der Waals surface area contributed by atoms with Crippen molar-refractivity contribution in [1.29, 1.82) is 0 Å². The number of rotatable bonds is 13. The lowest BCUT2D eigenvalue weighted by molar-refractivity contribution is -0.136. The quantitative estimate of drug-likeness (QED) is 0.199. The van der Waals surface area contributed by atoms with Crippen LogP contribution in [0.4, 0.5) is 0 Å². The summed E-state index contributed by atoms with van der Waals surface area (Å²) in [6.45, 7) is 1.26. The van der Waals surface area contributed by atoms with Crippen molar-refractivity contribution in [3.63, 3.8) is 0 Å². The monoisotopic (exact) mass is 616 g/mol. The van der Waals surface area contributed by atoms with Gasteiger partial charge in [-0.05, 0) is 57.5 Å². The van der Waals surface area contributed by atoms with E-state index >= 15 is 0 Å². The maximum atomic E-state index is 13.6. The van der Waals surface area contributed by atoms with E-state index in [1.54, 1.807) is 25.2 Å². The number of carbonyl (C=O) groups is 5. The largest absolute Gasteiger partial charge is 0.361 e. The van der Waals surface area contributed by atoms with Gasteiger partial charge in [0.1, 0.15) is 12.1 Å². The molecule has 11 nitrogen and oxygen atoms in total. The number of nitrogens with zero attached hydrogens (tertiary/aromatic N) is 1. The Bertz CT molecular complexity index is 1480. The summed E-state index contributed by atoms with van der Waals surface area (Å²) in [6.07, 6.45) is 7.04. The summed E-state index contributed by atoms with van der Waals surface area (Å²) in [4.78, 5) is 70.1. The first-order chi connectivity index (χ1) is 21.6. The third-order valence-corrected chi connectivity index (χ3v) is 8.35. The van der Waals surface area contributed by atoms with Gasteiger partial charge in [-0.25, -0.2) is 0 Å². The van der Waals surface area contributed by atoms with E-state index in [0.717, 1.165) is 54.1 Å². The summed E-state index contributed by atoms with van der Waals surface area (Å²) in [5.41, 5.74) is 2.61. The summed E-state index contributed by atoms with van der Waals surface area (Å²) in [5.74, 6) is -2.48. The fourth-order valence-corrected chi connectivity index (χ4v) is 5.70. The first kappa shape index (κ1) is 33.4. The SMILES string of the molecule is C[C@H](NC(=O)CNC(=O)C1CCCCC1)C(=O)N[C@H](Cc1c[nH]c2ccccc12)C(=O)NC(=O)[C@H](Cc1ccccc1)N(C)C. The van der Waals surface area contributed by atoms with E-state index in [1.807, 2.05) is 54.6 Å². The summed E-state index contributed by atoms with van der Waals surface area (Å²) >= 11 is 0. The zero-order chi connectivity index (χ0) is 32.3. The van der Waals surface area contributed by atoms with Gasteiger partial charge in [-0.1, -0.05) is 67.8 Å². The van der Waals surface area contributed by atoms with E-state index in [9.17, 15) is 24.0 Å². The zero-order valence-corrected chi connectivity index (χ0v) is 26.2. The van der Waals surface area contributed by atoms with Crippen LogP contribution >= 0.6 is 0 Å². The second-order valence-corrected chi connectivity index (χ2v) is 12.0. The molecule has 1 fully saturated rings. The fraction of sp³-hybridized carbons (Fsp3) is 0.441. The lowest BCUT2D eigenvalue weighted by atomic mass is 9.89. The van der Waals surface area contributed by atoms with Crippen LogP contribution in [0.15, 0.2) is 60.8 Å². The van der Waals surface area contributed by atoms with Crippen LogP contribution in [0, 0.1) is 5.92 Å². The van der Waals surface area contributed by atoms with E-state index in [2.05, 4.69) is 26.3 Å². The molecule has 1 aliphatic carbocycles. The number of hydrogen-bond donors (Lipinski definition) is 5. The third-order valence-electron chi connectivity index (χ3n) is 8.35. The predicted octanol–water partition coefficient (Wildman–Crippen LogP) is 2.21. The number of H-pyrrole nitrogens is 1. The maximum absolute atomic E-state index is 13.6. The maximum Gasteiger partial charge on any atom is 0.249 e. The molecule has 0 unspecified atom stereocenters. The third kappa shape index (κ3) is 9.49. The molecule has 2 aromatic carbocycles. The minimum atomic E-state index is -1.11. The Morgan fingerprint density at radius 2 is 1.53 bits per heavy atom. The molecule has 3 aromatic rings. The Hall–Kier alpha value is -4.51. The normalized spacial score (nSPS) is 15.6. The van der Waals surface area contributed by atoms with Gasteiger partial charge in [0, 0.05) is 29.4 Å². The number of likely N-dealkylation sites (N-methyl/N-ethyl adjacent to an activating group) is 1. The number of aromatic nitrogens is 1. The molecule has 1 aromatic heterocycles. The first-order valence-corrected chi connectivity index (χ1v) is 15.6. The molecule has 0 spiro atoms. The number of carbonyl (C=O) groups excluding carboxylic acids is 5. The number of aromatic amines is 1. The van der Waals surface area contributed by atoms with Crippen molar-refractivity contribution in [2.45, 2.75) is 70.0 Å². The summed E-state index contributed by atoms with van der Waals surface area (Å²) in [6, 6.07) is 14.4. The Morgan fingerprint density at radius 3 is 2.24 bits per heavy atom. The van der Waals surface area contributed by atoms with Gasteiger partial charge in [-0.2, -0.15) is 0 Å². The molecule has 11 heteroatoms.